The van der Waals surface area contributed by atoms with Gasteiger partial charge in [0.25, 0.3) is 0 Å². The van der Waals surface area contributed by atoms with E-state index in [2.05, 4.69) is 26.1 Å². The molecule has 1 heterocycles. The third-order valence-corrected chi connectivity index (χ3v) is 3.83. The first-order chi connectivity index (χ1) is 7.76. The van der Waals surface area contributed by atoms with Gasteiger partial charge in [-0.1, -0.05) is 27.2 Å². The van der Waals surface area contributed by atoms with E-state index in [1.54, 1.807) is 0 Å². The van der Waals surface area contributed by atoms with Crippen LogP contribution in [0.15, 0.2) is 0 Å². The van der Waals surface area contributed by atoms with Gasteiger partial charge in [0.2, 0.25) is 0 Å². The molecule has 0 aromatic rings. The Hall–Kier alpha value is -0.0800. The Bertz CT molecular complexity index is 166. The highest BCUT2D eigenvalue weighted by Gasteiger charge is 2.16. The van der Waals surface area contributed by atoms with Crippen LogP contribution in [0.4, 0.5) is 0 Å². The van der Waals surface area contributed by atoms with Crippen LogP contribution < -0.4 is 5.32 Å². The van der Waals surface area contributed by atoms with Crippen LogP contribution in [0.2, 0.25) is 0 Å². The van der Waals surface area contributed by atoms with E-state index in [0.717, 1.165) is 31.6 Å². The third kappa shape index (κ3) is 5.31. The molecule has 1 saturated heterocycles. The molecule has 0 radical (unpaired) electrons. The van der Waals surface area contributed by atoms with E-state index in [4.69, 9.17) is 4.74 Å². The molecular weight excluding hydrogens is 198 g/mol. The van der Waals surface area contributed by atoms with Crippen LogP contribution in [-0.2, 0) is 4.74 Å². The van der Waals surface area contributed by atoms with Crippen molar-refractivity contribution < 1.29 is 4.74 Å². The van der Waals surface area contributed by atoms with Crippen molar-refractivity contribution in [3.05, 3.63) is 0 Å². The van der Waals surface area contributed by atoms with Gasteiger partial charge < -0.3 is 10.1 Å². The van der Waals surface area contributed by atoms with E-state index in [1.165, 1.54) is 32.1 Å². The van der Waals surface area contributed by atoms with Crippen LogP contribution in [0.5, 0.6) is 0 Å². The zero-order chi connectivity index (χ0) is 11.8. The number of ether oxygens (including phenoxy) is 1. The molecule has 1 N–H and O–H groups in total. The van der Waals surface area contributed by atoms with Crippen molar-refractivity contribution >= 4 is 0 Å². The number of hydrogen-bond donors (Lipinski definition) is 1. The number of nitrogens with one attached hydrogen (secondary N) is 1. The maximum atomic E-state index is 5.51. The lowest BCUT2D eigenvalue weighted by Gasteiger charge is -2.26. The van der Waals surface area contributed by atoms with Gasteiger partial charge in [-0.3, -0.25) is 0 Å². The summed E-state index contributed by atoms with van der Waals surface area (Å²) < 4.78 is 5.51. The summed E-state index contributed by atoms with van der Waals surface area (Å²) in [5.74, 6) is 1.60. The summed E-state index contributed by atoms with van der Waals surface area (Å²) in [6.07, 6.45) is 6.45. The average molecular weight is 227 g/mol. The Morgan fingerprint density at radius 3 is 2.69 bits per heavy atom. The second kappa shape index (κ2) is 8.08. The topological polar surface area (TPSA) is 21.3 Å². The number of rotatable bonds is 7. The fourth-order valence-corrected chi connectivity index (χ4v) is 2.35. The largest absolute Gasteiger partial charge is 0.381 e. The molecule has 2 heteroatoms. The Labute approximate surface area is 101 Å². The lowest BCUT2D eigenvalue weighted by atomic mass is 9.96. The molecule has 1 fully saturated rings. The summed E-state index contributed by atoms with van der Waals surface area (Å²) in [5, 5.41) is 3.72. The number of hydrogen-bond acceptors (Lipinski definition) is 2. The van der Waals surface area contributed by atoms with Gasteiger partial charge in [0.05, 0.1) is 6.61 Å². The summed E-state index contributed by atoms with van der Waals surface area (Å²) in [6.45, 7) is 10.0. The van der Waals surface area contributed by atoms with Crippen LogP contribution in [0.25, 0.3) is 0 Å². The molecule has 16 heavy (non-hydrogen) atoms. The highest BCUT2D eigenvalue weighted by molar-refractivity contribution is 4.72. The van der Waals surface area contributed by atoms with Crippen LogP contribution in [-0.4, -0.2) is 25.8 Å². The van der Waals surface area contributed by atoms with Gasteiger partial charge in [0.1, 0.15) is 0 Å². The first kappa shape index (κ1) is 14.0. The summed E-state index contributed by atoms with van der Waals surface area (Å²) >= 11 is 0. The quantitative estimate of drug-likeness (QED) is 0.721. The predicted octanol–water partition coefficient (Wildman–Crippen LogP) is 3.22. The monoisotopic (exact) mass is 227 g/mol. The molecule has 0 spiro atoms. The molecule has 0 aliphatic carbocycles. The van der Waals surface area contributed by atoms with Crippen LogP contribution in [0.1, 0.15) is 52.9 Å². The standard InChI is InChI=1S/C14H29NO/c1-4-12(3)9-14(5-2)15-10-13-7-6-8-16-11-13/h12-15H,4-11H2,1-3H3. The molecule has 0 amide bonds. The lowest BCUT2D eigenvalue weighted by molar-refractivity contribution is 0.0534. The van der Waals surface area contributed by atoms with E-state index < -0.39 is 0 Å². The van der Waals surface area contributed by atoms with Crippen LogP contribution >= 0.6 is 0 Å². The molecule has 2 nitrogen and oxygen atoms in total. The first-order valence-electron chi connectivity index (χ1n) is 7.07. The highest BCUT2D eigenvalue weighted by atomic mass is 16.5. The molecule has 1 rings (SSSR count). The van der Waals surface area contributed by atoms with E-state index >= 15 is 0 Å². The smallest absolute Gasteiger partial charge is 0.0506 e. The van der Waals surface area contributed by atoms with Crippen molar-refractivity contribution in [2.24, 2.45) is 11.8 Å². The Balaban J connectivity index is 2.16. The maximum Gasteiger partial charge on any atom is 0.0506 e. The van der Waals surface area contributed by atoms with Gasteiger partial charge in [-0.2, -0.15) is 0 Å². The first-order valence-corrected chi connectivity index (χ1v) is 7.07. The zero-order valence-corrected chi connectivity index (χ0v) is 11.3. The molecule has 3 unspecified atom stereocenters. The average Bonchev–Trinajstić information content (AvgIpc) is 2.35. The fraction of sp³-hybridized carbons (Fsp3) is 1.00. The van der Waals surface area contributed by atoms with Crippen molar-refractivity contribution in [2.45, 2.75) is 58.9 Å². The normalized spacial score (nSPS) is 25.3. The van der Waals surface area contributed by atoms with E-state index in [0.29, 0.717) is 6.04 Å². The van der Waals surface area contributed by atoms with Crippen molar-refractivity contribution in [1.82, 2.24) is 5.32 Å². The van der Waals surface area contributed by atoms with Crippen molar-refractivity contribution in [1.29, 1.82) is 0 Å². The summed E-state index contributed by atoms with van der Waals surface area (Å²) in [7, 11) is 0. The van der Waals surface area contributed by atoms with Gasteiger partial charge in [-0.25, -0.2) is 0 Å². The van der Waals surface area contributed by atoms with Gasteiger partial charge >= 0.3 is 0 Å². The van der Waals surface area contributed by atoms with Crippen LogP contribution in [0, 0.1) is 11.8 Å². The molecule has 1 aliphatic heterocycles. The van der Waals surface area contributed by atoms with Gasteiger partial charge in [-0.05, 0) is 37.5 Å². The Morgan fingerprint density at radius 1 is 1.31 bits per heavy atom. The zero-order valence-electron chi connectivity index (χ0n) is 11.3. The second-order valence-corrected chi connectivity index (χ2v) is 5.35. The van der Waals surface area contributed by atoms with Gasteiger partial charge in [0.15, 0.2) is 0 Å². The molecule has 0 aromatic carbocycles. The summed E-state index contributed by atoms with van der Waals surface area (Å²) in [5.41, 5.74) is 0. The molecule has 1 aliphatic rings. The van der Waals surface area contributed by atoms with Gasteiger partial charge in [0, 0.05) is 19.2 Å². The minimum absolute atomic E-state index is 0.705. The molecule has 0 saturated carbocycles. The van der Waals surface area contributed by atoms with E-state index in [1.807, 2.05) is 0 Å². The minimum Gasteiger partial charge on any atom is -0.381 e. The molecule has 0 bridgehead atoms. The van der Waals surface area contributed by atoms with Gasteiger partial charge in [-0.15, -0.1) is 0 Å². The molecule has 96 valence electrons. The lowest BCUT2D eigenvalue weighted by Crippen LogP contribution is -2.36. The second-order valence-electron chi connectivity index (χ2n) is 5.35. The molecule has 0 aromatic heterocycles. The Morgan fingerprint density at radius 2 is 2.12 bits per heavy atom. The maximum absolute atomic E-state index is 5.51. The highest BCUT2D eigenvalue weighted by Crippen LogP contribution is 2.15. The van der Waals surface area contributed by atoms with Crippen LogP contribution in [0.3, 0.4) is 0 Å². The summed E-state index contributed by atoms with van der Waals surface area (Å²) in [6, 6.07) is 0.705. The van der Waals surface area contributed by atoms with E-state index in [-0.39, 0.29) is 0 Å². The fourth-order valence-electron chi connectivity index (χ4n) is 2.35. The van der Waals surface area contributed by atoms with Crippen molar-refractivity contribution in [3.8, 4) is 0 Å². The SMILES string of the molecule is CCC(C)CC(CC)NCC1CCCOC1. The molecular formula is C14H29NO. The Kier molecular flexibility index (Phi) is 7.06. The molecule has 3 atom stereocenters. The summed E-state index contributed by atoms with van der Waals surface area (Å²) in [4.78, 5) is 0. The third-order valence-electron chi connectivity index (χ3n) is 3.83. The van der Waals surface area contributed by atoms with E-state index in [9.17, 15) is 0 Å². The minimum atomic E-state index is 0.705. The predicted molar refractivity (Wildman–Crippen MR) is 69.7 cm³/mol. The van der Waals surface area contributed by atoms with Crippen molar-refractivity contribution in [3.63, 3.8) is 0 Å². The van der Waals surface area contributed by atoms with Crippen molar-refractivity contribution in [2.75, 3.05) is 19.8 Å².